The number of thiophene rings is 1. The summed E-state index contributed by atoms with van der Waals surface area (Å²) in [5.41, 5.74) is 12.5. The average Bonchev–Trinajstić information content (AvgIpc) is 3.63. The standard InChI is InChI=1S/C28H26ClN3O4S2.C5H8N2O/c1-16-11-24(28(37-16)38(34,35)36)23-10-8-20(13-26(23)33)15-32-25-14-22(30-17(2)27(25)18(3)31-32)9-7-19-5-4-6-21(29)12-19;1-3-4(2)8-7-5(3)6/h4-6,8,10-14,33H,7,9,15H2,1-3H3,(H,34,35,36);1-2H3,(H2,6,7). The number of nitrogens with zero attached hydrogens (tertiary/aromatic N) is 4. The first kappa shape index (κ1) is 33.1. The predicted molar refractivity (Wildman–Crippen MR) is 181 cm³/mol. The summed E-state index contributed by atoms with van der Waals surface area (Å²) in [6, 6.07) is 16.6. The summed E-state index contributed by atoms with van der Waals surface area (Å²) in [5.74, 6) is 1.21. The number of phenolic OH excluding ortho intramolecular Hbond substituents is 1. The zero-order chi connectivity index (χ0) is 33.3. The van der Waals surface area contributed by atoms with Crippen LogP contribution < -0.4 is 5.73 Å². The highest BCUT2D eigenvalue weighted by Crippen LogP contribution is 2.39. The Bertz CT molecular complexity index is 2150. The lowest BCUT2D eigenvalue weighted by molar-refractivity contribution is 0.399. The number of anilines is 1. The van der Waals surface area contributed by atoms with Gasteiger partial charge in [-0.1, -0.05) is 41.0 Å². The molecular formula is C33H34ClN5O5S2. The van der Waals surface area contributed by atoms with Crippen LogP contribution in [-0.2, 0) is 29.5 Å². The minimum absolute atomic E-state index is 0.0709. The first-order valence-corrected chi connectivity index (χ1v) is 17.0. The van der Waals surface area contributed by atoms with Gasteiger partial charge in [-0.3, -0.25) is 14.2 Å². The van der Waals surface area contributed by atoms with Crippen LogP contribution in [0.1, 0.15) is 44.4 Å². The van der Waals surface area contributed by atoms with Crippen LogP contribution in [0.5, 0.6) is 5.75 Å². The second-order valence-electron chi connectivity index (χ2n) is 11.1. The van der Waals surface area contributed by atoms with Crippen molar-refractivity contribution in [1.82, 2.24) is 19.9 Å². The van der Waals surface area contributed by atoms with Gasteiger partial charge in [-0.15, -0.1) is 11.3 Å². The van der Waals surface area contributed by atoms with E-state index in [1.54, 1.807) is 25.1 Å². The Morgan fingerprint density at radius 2 is 1.72 bits per heavy atom. The van der Waals surface area contributed by atoms with Crippen molar-refractivity contribution in [2.24, 2.45) is 0 Å². The molecular weight excluding hydrogens is 646 g/mol. The zero-order valence-electron chi connectivity index (χ0n) is 26.0. The minimum Gasteiger partial charge on any atom is -0.507 e. The van der Waals surface area contributed by atoms with Crippen LogP contribution in [0.2, 0.25) is 5.02 Å². The molecule has 10 nitrogen and oxygen atoms in total. The summed E-state index contributed by atoms with van der Waals surface area (Å²) in [5, 5.41) is 20.8. The number of hydrogen-bond donors (Lipinski definition) is 3. The van der Waals surface area contributed by atoms with Crippen LogP contribution in [0.15, 0.2) is 63.3 Å². The van der Waals surface area contributed by atoms with Crippen molar-refractivity contribution >= 4 is 49.8 Å². The van der Waals surface area contributed by atoms with Crippen molar-refractivity contribution in [2.75, 3.05) is 5.73 Å². The number of nitrogen functional groups attached to an aromatic ring is 1. The third kappa shape index (κ3) is 7.26. The Morgan fingerprint density at radius 3 is 2.33 bits per heavy atom. The van der Waals surface area contributed by atoms with Crippen LogP contribution in [0, 0.1) is 34.6 Å². The number of phenols is 1. The Balaban J connectivity index is 0.000000455. The van der Waals surface area contributed by atoms with Crippen molar-refractivity contribution in [1.29, 1.82) is 0 Å². The Morgan fingerprint density at radius 1 is 0.957 bits per heavy atom. The van der Waals surface area contributed by atoms with Crippen LogP contribution >= 0.6 is 22.9 Å². The number of benzene rings is 2. The molecule has 0 fully saturated rings. The second-order valence-corrected chi connectivity index (χ2v) is 14.4. The Labute approximate surface area is 276 Å². The molecule has 4 heterocycles. The molecule has 0 amide bonds. The van der Waals surface area contributed by atoms with Crippen LogP contribution in [0.3, 0.4) is 0 Å². The number of nitrogens with two attached hydrogens (primary N) is 1. The number of pyridine rings is 1. The lowest BCUT2D eigenvalue weighted by atomic mass is 10.0. The summed E-state index contributed by atoms with van der Waals surface area (Å²) in [7, 11) is -4.41. The van der Waals surface area contributed by atoms with Gasteiger partial charge >= 0.3 is 10.1 Å². The van der Waals surface area contributed by atoms with Gasteiger partial charge in [0.15, 0.2) is 10.0 Å². The largest absolute Gasteiger partial charge is 0.507 e. The lowest BCUT2D eigenvalue weighted by Crippen LogP contribution is -2.03. The van der Waals surface area contributed by atoms with E-state index in [1.165, 1.54) is 0 Å². The number of rotatable bonds is 7. The first-order valence-electron chi connectivity index (χ1n) is 14.4. The SMILES string of the molecule is Cc1cc(-c2ccc(Cn3nc(C)c4c(C)nc(CCc5cccc(Cl)c5)cc43)cc2O)c(S(=O)(=O)O)s1.Cc1onc(N)c1C. The number of aromatic hydroxyl groups is 1. The van der Waals surface area contributed by atoms with Crippen molar-refractivity contribution in [2.45, 2.75) is 58.2 Å². The van der Waals surface area contributed by atoms with E-state index in [0.29, 0.717) is 27.8 Å². The normalized spacial score (nSPS) is 11.5. The highest BCUT2D eigenvalue weighted by atomic mass is 35.5. The van der Waals surface area contributed by atoms with Gasteiger partial charge < -0.3 is 15.4 Å². The van der Waals surface area contributed by atoms with E-state index in [9.17, 15) is 18.1 Å². The van der Waals surface area contributed by atoms with Crippen LogP contribution in [0.25, 0.3) is 22.0 Å². The molecule has 4 aromatic heterocycles. The second kappa shape index (κ2) is 13.2. The molecule has 0 spiro atoms. The lowest BCUT2D eigenvalue weighted by Gasteiger charge is -2.10. The summed E-state index contributed by atoms with van der Waals surface area (Å²) in [6.07, 6.45) is 1.57. The van der Waals surface area contributed by atoms with Gasteiger partial charge in [-0.05, 0) is 88.9 Å². The molecule has 6 rings (SSSR count). The third-order valence-corrected chi connectivity index (χ3v) is 10.3. The summed E-state index contributed by atoms with van der Waals surface area (Å²) < 4.78 is 39.8. The van der Waals surface area contributed by atoms with Crippen LogP contribution in [0.4, 0.5) is 5.82 Å². The first-order chi connectivity index (χ1) is 21.7. The summed E-state index contributed by atoms with van der Waals surface area (Å²) >= 11 is 7.10. The molecule has 0 radical (unpaired) electrons. The van der Waals surface area contributed by atoms with Crippen molar-refractivity contribution in [3.63, 3.8) is 0 Å². The fourth-order valence-electron chi connectivity index (χ4n) is 5.25. The van der Waals surface area contributed by atoms with E-state index in [0.717, 1.165) is 74.6 Å². The average molecular weight is 680 g/mol. The molecule has 0 atom stereocenters. The van der Waals surface area contributed by atoms with E-state index in [2.05, 4.69) is 17.3 Å². The maximum Gasteiger partial charge on any atom is 0.304 e. The third-order valence-electron chi connectivity index (χ3n) is 7.64. The topological polar surface area (TPSA) is 157 Å². The Kier molecular flexibility index (Phi) is 9.54. The Hall–Kier alpha value is -4.23. The van der Waals surface area contributed by atoms with Crippen molar-refractivity contribution in [3.8, 4) is 16.9 Å². The van der Waals surface area contributed by atoms with E-state index in [1.807, 2.05) is 56.6 Å². The highest BCUT2D eigenvalue weighted by molar-refractivity contribution is 7.88. The maximum absolute atomic E-state index is 11.8. The highest BCUT2D eigenvalue weighted by Gasteiger charge is 2.22. The van der Waals surface area contributed by atoms with Gasteiger partial charge in [0.1, 0.15) is 11.5 Å². The number of aromatic nitrogens is 4. The van der Waals surface area contributed by atoms with E-state index >= 15 is 0 Å². The van der Waals surface area contributed by atoms with Gasteiger partial charge in [0.2, 0.25) is 0 Å². The molecule has 0 saturated heterocycles. The summed E-state index contributed by atoms with van der Waals surface area (Å²) in [4.78, 5) is 5.53. The van der Waals surface area contributed by atoms with Crippen molar-refractivity contribution < 1.29 is 22.6 Å². The minimum atomic E-state index is -4.41. The van der Waals surface area contributed by atoms with E-state index in [-0.39, 0.29) is 15.5 Å². The summed E-state index contributed by atoms with van der Waals surface area (Å²) in [6.45, 7) is 9.80. The van der Waals surface area contributed by atoms with Crippen LogP contribution in [-0.4, -0.2) is 38.0 Å². The van der Waals surface area contributed by atoms with Crippen molar-refractivity contribution in [3.05, 3.63) is 104 Å². The number of aryl methyl sites for hydroxylation is 6. The molecule has 0 aliphatic rings. The van der Waals surface area contributed by atoms with E-state index in [4.69, 9.17) is 31.9 Å². The maximum atomic E-state index is 11.8. The molecule has 2 aromatic carbocycles. The van der Waals surface area contributed by atoms with Gasteiger partial charge in [0.05, 0.1) is 17.8 Å². The molecule has 0 bridgehead atoms. The van der Waals surface area contributed by atoms with Gasteiger partial charge in [0, 0.05) is 43.4 Å². The molecule has 0 unspecified atom stereocenters. The zero-order valence-corrected chi connectivity index (χ0v) is 28.4. The number of hydrogen-bond acceptors (Lipinski definition) is 9. The molecule has 0 saturated carbocycles. The van der Waals surface area contributed by atoms with Gasteiger partial charge in [-0.25, -0.2) is 0 Å². The quantitative estimate of drug-likeness (QED) is 0.146. The molecule has 6 aromatic rings. The smallest absolute Gasteiger partial charge is 0.304 e. The molecule has 4 N–H and O–H groups in total. The molecule has 0 aliphatic heterocycles. The monoisotopic (exact) mass is 679 g/mol. The number of fused-ring (bicyclic) bond motifs is 1. The molecule has 0 aliphatic carbocycles. The number of halogens is 1. The van der Waals surface area contributed by atoms with Gasteiger partial charge in [-0.2, -0.15) is 13.5 Å². The van der Waals surface area contributed by atoms with E-state index < -0.39 is 10.1 Å². The predicted octanol–water partition coefficient (Wildman–Crippen LogP) is 7.40. The molecule has 13 heteroatoms. The van der Waals surface area contributed by atoms with Gasteiger partial charge in [0.25, 0.3) is 0 Å². The molecule has 46 heavy (non-hydrogen) atoms. The fraction of sp³-hybridized carbons (Fsp3) is 0.242. The molecule has 240 valence electrons. The fourth-order valence-corrected chi connectivity index (χ4v) is 7.47.